The average molecular weight is 315 g/mol. The van der Waals surface area contributed by atoms with Crippen LogP contribution in [0.4, 0.5) is 5.69 Å². The number of nitrogens with one attached hydrogen (secondary N) is 3. The first-order valence-electron chi connectivity index (χ1n) is 6.95. The van der Waals surface area contributed by atoms with Crippen LogP contribution in [0.5, 0.6) is 0 Å². The molecule has 0 bridgehead atoms. The Morgan fingerprint density at radius 3 is 2.68 bits per heavy atom. The predicted molar refractivity (Wildman–Crippen MR) is 88.4 cm³/mol. The molecule has 5 nitrogen and oxygen atoms in total. The highest BCUT2D eigenvalue weighted by Crippen LogP contribution is 2.14. The smallest absolute Gasteiger partial charge is 0.254 e. The lowest BCUT2D eigenvalue weighted by molar-refractivity contribution is -0.115. The summed E-state index contributed by atoms with van der Waals surface area (Å²) in [4.78, 5) is 26.7. The Kier molecular flexibility index (Phi) is 5.43. The normalized spacial score (nSPS) is 10.0. The van der Waals surface area contributed by atoms with Gasteiger partial charge in [0.25, 0.3) is 5.91 Å². The van der Waals surface area contributed by atoms with Crippen molar-refractivity contribution in [1.29, 1.82) is 0 Å². The van der Waals surface area contributed by atoms with Gasteiger partial charge in [0.2, 0.25) is 5.91 Å². The first-order chi connectivity index (χ1) is 10.6. The van der Waals surface area contributed by atoms with Gasteiger partial charge >= 0.3 is 0 Å². The Labute approximate surface area is 133 Å². The zero-order valence-corrected chi connectivity index (χ0v) is 13.0. The molecule has 1 heterocycles. The van der Waals surface area contributed by atoms with Crippen LogP contribution in [0.2, 0.25) is 0 Å². The summed E-state index contributed by atoms with van der Waals surface area (Å²) in [5.74, 6) is -0.652. The number of carbonyl (C=O) groups is 2. The molecule has 114 valence electrons. The summed E-state index contributed by atoms with van der Waals surface area (Å²) < 4.78 is 0.344. The molecule has 0 aliphatic carbocycles. The van der Waals surface area contributed by atoms with Crippen LogP contribution in [0.3, 0.4) is 0 Å². The first kappa shape index (κ1) is 15.9. The van der Waals surface area contributed by atoms with Crippen molar-refractivity contribution in [1.82, 2.24) is 10.3 Å². The maximum Gasteiger partial charge on any atom is 0.254 e. The number of amides is 2. The third-order valence-electron chi connectivity index (χ3n) is 3.14. The monoisotopic (exact) mass is 315 g/mol. The van der Waals surface area contributed by atoms with E-state index in [-0.39, 0.29) is 18.4 Å². The van der Waals surface area contributed by atoms with Crippen molar-refractivity contribution in [2.75, 3.05) is 11.9 Å². The number of carbonyl (C=O) groups excluding carboxylic acids is 2. The van der Waals surface area contributed by atoms with Gasteiger partial charge in [0.15, 0.2) is 0 Å². The molecule has 0 fully saturated rings. The lowest BCUT2D eigenvalue weighted by atomic mass is 10.1. The Morgan fingerprint density at radius 2 is 1.95 bits per heavy atom. The molecule has 0 spiro atoms. The minimum Gasteiger partial charge on any atom is -0.352 e. The topological polar surface area (TPSA) is 74.0 Å². The van der Waals surface area contributed by atoms with Gasteiger partial charge in [-0.1, -0.05) is 37.3 Å². The predicted octanol–water partition coefficient (Wildman–Crippen LogP) is 2.68. The van der Waals surface area contributed by atoms with Crippen LogP contribution in [0.25, 0.3) is 0 Å². The van der Waals surface area contributed by atoms with Gasteiger partial charge in [0.1, 0.15) is 4.64 Å². The van der Waals surface area contributed by atoms with E-state index in [9.17, 15) is 9.59 Å². The average Bonchev–Trinajstić information content (AvgIpc) is 2.53. The number of rotatable bonds is 5. The van der Waals surface area contributed by atoms with Crippen molar-refractivity contribution in [3.05, 3.63) is 58.4 Å². The van der Waals surface area contributed by atoms with Crippen LogP contribution in [0.15, 0.2) is 42.6 Å². The van der Waals surface area contributed by atoms with E-state index in [1.807, 2.05) is 31.2 Å². The minimum absolute atomic E-state index is 0.111. The van der Waals surface area contributed by atoms with Crippen molar-refractivity contribution >= 4 is 29.7 Å². The number of aromatic amines is 1. The fourth-order valence-electron chi connectivity index (χ4n) is 2.00. The zero-order valence-electron chi connectivity index (χ0n) is 12.2. The summed E-state index contributed by atoms with van der Waals surface area (Å²) in [6.45, 7) is 1.91. The van der Waals surface area contributed by atoms with Crippen LogP contribution in [0, 0.1) is 4.64 Å². The molecular formula is C16H17N3O2S. The molecule has 0 unspecified atom stereocenters. The van der Waals surface area contributed by atoms with Crippen molar-refractivity contribution in [2.24, 2.45) is 0 Å². The van der Waals surface area contributed by atoms with E-state index < -0.39 is 0 Å². The van der Waals surface area contributed by atoms with Gasteiger partial charge in [-0.15, -0.1) is 0 Å². The molecular weight excluding hydrogens is 298 g/mol. The van der Waals surface area contributed by atoms with E-state index >= 15 is 0 Å². The van der Waals surface area contributed by atoms with Gasteiger partial charge in [0, 0.05) is 11.9 Å². The first-order valence-corrected chi connectivity index (χ1v) is 7.36. The van der Waals surface area contributed by atoms with Gasteiger partial charge in [-0.2, -0.15) is 0 Å². The van der Waals surface area contributed by atoms with Crippen molar-refractivity contribution in [2.45, 2.75) is 13.3 Å². The molecule has 0 saturated heterocycles. The second kappa shape index (κ2) is 7.51. The van der Waals surface area contributed by atoms with Crippen molar-refractivity contribution in [3.8, 4) is 0 Å². The number of para-hydroxylation sites is 1. The van der Waals surface area contributed by atoms with E-state index in [0.717, 1.165) is 17.7 Å². The summed E-state index contributed by atoms with van der Waals surface area (Å²) >= 11 is 5.03. The van der Waals surface area contributed by atoms with Gasteiger partial charge in [-0.3, -0.25) is 9.59 Å². The number of anilines is 1. The molecule has 0 saturated carbocycles. The molecule has 1 aromatic heterocycles. The molecule has 1 aromatic carbocycles. The molecule has 2 aromatic rings. The molecule has 0 aliphatic rings. The van der Waals surface area contributed by atoms with E-state index in [4.69, 9.17) is 12.2 Å². The summed E-state index contributed by atoms with van der Waals surface area (Å²) in [5.41, 5.74) is 2.16. The number of hydrogen-bond donors (Lipinski definition) is 3. The maximum atomic E-state index is 12.0. The summed E-state index contributed by atoms with van der Waals surface area (Å²) in [7, 11) is 0. The van der Waals surface area contributed by atoms with Crippen molar-refractivity contribution < 1.29 is 9.59 Å². The Balaban J connectivity index is 1.95. The fourth-order valence-corrected chi connectivity index (χ4v) is 2.23. The number of aromatic nitrogens is 1. The number of hydrogen-bond acceptors (Lipinski definition) is 3. The number of aryl methyl sites for hydroxylation is 1. The SMILES string of the molecule is CCc1ccccc1NC(=O)CNC(=O)c1ccc[nH]c1=S. The van der Waals surface area contributed by atoms with Crippen LogP contribution in [0.1, 0.15) is 22.8 Å². The van der Waals surface area contributed by atoms with E-state index in [0.29, 0.717) is 10.2 Å². The summed E-state index contributed by atoms with van der Waals surface area (Å²) in [6.07, 6.45) is 2.47. The maximum absolute atomic E-state index is 12.0. The second-order valence-electron chi connectivity index (χ2n) is 4.65. The van der Waals surface area contributed by atoms with E-state index in [1.54, 1.807) is 18.3 Å². The highest BCUT2D eigenvalue weighted by atomic mass is 32.1. The minimum atomic E-state index is -0.374. The number of benzene rings is 1. The molecule has 2 amide bonds. The number of pyridine rings is 1. The van der Waals surface area contributed by atoms with Crippen LogP contribution < -0.4 is 10.6 Å². The second-order valence-corrected chi connectivity index (χ2v) is 5.06. The lowest BCUT2D eigenvalue weighted by Crippen LogP contribution is -2.33. The van der Waals surface area contributed by atoms with Crippen molar-refractivity contribution in [3.63, 3.8) is 0 Å². The van der Waals surface area contributed by atoms with Crippen LogP contribution >= 0.6 is 12.2 Å². The molecule has 0 atom stereocenters. The van der Waals surface area contributed by atoms with Crippen LogP contribution in [-0.4, -0.2) is 23.3 Å². The Morgan fingerprint density at radius 1 is 1.18 bits per heavy atom. The lowest BCUT2D eigenvalue weighted by Gasteiger charge is -2.10. The number of H-pyrrole nitrogens is 1. The third-order valence-corrected chi connectivity index (χ3v) is 3.48. The summed E-state index contributed by atoms with van der Waals surface area (Å²) in [6, 6.07) is 10.9. The highest BCUT2D eigenvalue weighted by molar-refractivity contribution is 7.71. The van der Waals surface area contributed by atoms with Crippen LogP contribution in [-0.2, 0) is 11.2 Å². The molecule has 2 rings (SSSR count). The molecule has 6 heteroatoms. The largest absolute Gasteiger partial charge is 0.352 e. The fraction of sp³-hybridized carbons (Fsp3) is 0.188. The van der Waals surface area contributed by atoms with E-state index in [1.165, 1.54) is 0 Å². The Hall–Kier alpha value is -2.47. The zero-order chi connectivity index (χ0) is 15.9. The summed E-state index contributed by atoms with van der Waals surface area (Å²) in [5, 5.41) is 5.36. The standard InChI is InChI=1S/C16H17N3O2S/c1-2-11-6-3-4-8-13(11)19-14(20)10-18-15(21)12-7-5-9-17-16(12)22/h3-9H,2,10H2,1H3,(H,17,22)(H,18,21)(H,19,20). The van der Waals surface area contributed by atoms with Gasteiger partial charge in [0.05, 0.1) is 12.1 Å². The van der Waals surface area contributed by atoms with Gasteiger partial charge in [-0.05, 0) is 30.2 Å². The van der Waals surface area contributed by atoms with Gasteiger partial charge < -0.3 is 15.6 Å². The molecule has 0 radical (unpaired) electrons. The van der Waals surface area contributed by atoms with Gasteiger partial charge in [-0.25, -0.2) is 0 Å². The molecule has 22 heavy (non-hydrogen) atoms. The highest BCUT2D eigenvalue weighted by Gasteiger charge is 2.10. The van der Waals surface area contributed by atoms with E-state index in [2.05, 4.69) is 15.6 Å². The third kappa shape index (κ3) is 4.02. The molecule has 3 N–H and O–H groups in total. The quantitative estimate of drug-likeness (QED) is 0.743. The molecule has 0 aliphatic heterocycles. The Bertz CT molecular complexity index is 740.